The van der Waals surface area contributed by atoms with Gasteiger partial charge in [0, 0.05) is 0 Å². The fourth-order valence-corrected chi connectivity index (χ4v) is 1.78. The van der Waals surface area contributed by atoms with Crippen molar-refractivity contribution in [2.45, 2.75) is 19.6 Å². The zero-order valence-electron chi connectivity index (χ0n) is 8.34. The van der Waals surface area contributed by atoms with Crippen molar-refractivity contribution < 1.29 is 0 Å². The Hall–Kier alpha value is -0.343. The first-order valence-electron chi connectivity index (χ1n) is 4.43. The van der Waals surface area contributed by atoms with E-state index in [-0.39, 0.29) is 0 Å². The monoisotopic (exact) mass is 254 g/mol. The van der Waals surface area contributed by atoms with Crippen LogP contribution in [-0.4, -0.2) is 8.07 Å². The largest absolute Gasteiger partial charge is 0.0865 e. The van der Waals surface area contributed by atoms with Gasteiger partial charge in [-0.05, 0) is 15.7 Å². The lowest BCUT2D eigenvalue weighted by Crippen LogP contribution is -2.19. The molecule has 2 heteroatoms. The third-order valence-electron chi connectivity index (χ3n) is 1.81. The molecule has 0 saturated carbocycles. The average Bonchev–Trinajstić information content (AvgIpc) is 2.04. The van der Waals surface area contributed by atoms with E-state index < -0.39 is 8.07 Å². The highest BCUT2D eigenvalue weighted by Crippen LogP contribution is 2.23. The number of halogens is 1. The van der Waals surface area contributed by atoms with Crippen LogP contribution in [0.25, 0.3) is 6.08 Å². The lowest BCUT2D eigenvalue weighted by Gasteiger charge is -2.14. The van der Waals surface area contributed by atoms with Crippen molar-refractivity contribution in [3.05, 3.63) is 40.0 Å². The molecular formula is C11H15BrSi. The summed E-state index contributed by atoms with van der Waals surface area (Å²) in [6.07, 6.45) is 2.23. The molecule has 1 rings (SSSR count). The highest BCUT2D eigenvalue weighted by molar-refractivity contribution is 9.12. The van der Waals surface area contributed by atoms with E-state index in [1.54, 1.807) is 0 Å². The van der Waals surface area contributed by atoms with Gasteiger partial charge < -0.3 is 0 Å². The van der Waals surface area contributed by atoms with E-state index >= 15 is 0 Å². The summed E-state index contributed by atoms with van der Waals surface area (Å²) >= 11 is 3.66. The van der Waals surface area contributed by atoms with Crippen LogP contribution in [0.5, 0.6) is 0 Å². The van der Waals surface area contributed by atoms with E-state index in [1.165, 1.54) is 9.67 Å². The predicted octanol–water partition coefficient (Wildman–Crippen LogP) is 4.30. The molecule has 1 aromatic carbocycles. The first-order chi connectivity index (χ1) is 6.00. The van der Waals surface area contributed by atoms with Crippen molar-refractivity contribution in [1.29, 1.82) is 0 Å². The van der Waals surface area contributed by atoms with Crippen LogP contribution in [0.2, 0.25) is 19.6 Å². The lowest BCUT2D eigenvalue weighted by atomic mass is 10.2. The van der Waals surface area contributed by atoms with Crippen LogP contribution in [0.3, 0.4) is 0 Å². The molecule has 0 aliphatic carbocycles. The molecule has 0 atom stereocenters. The highest BCUT2D eigenvalue weighted by Gasteiger charge is 2.16. The second-order valence-corrected chi connectivity index (χ2v) is 10.8. The van der Waals surface area contributed by atoms with Crippen LogP contribution in [0, 0.1) is 0 Å². The van der Waals surface area contributed by atoms with E-state index in [0.717, 1.165) is 0 Å². The van der Waals surface area contributed by atoms with Crippen LogP contribution < -0.4 is 0 Å². The second kappa shape index (κ2) is 4.25. The highest BCUT2D eigenvalue weighted by atomic mass is 79.9. The molecule has 0 aromatic heterocycles. The first kappa shape index (κ1) is 10.7. The van der Waals surface area contributed by atoms with Gasteiger partial charge in [0.1, 0.15) is 0 Å². The van der Waals surface area contributed by atoms with Gasteiger partial charge in [0.2, 0.25) is 0 Å². The van der Waals surface area contributed by atoms with Crippen LogP contribution in [-0.2, 0) is 0 Å². The maximum absolute atomic E-state index is 3.66. The van der Waals surface area contributed by atoms with Gasteiger partial charge in [0.15, 0.2) is 0 Å². The summed E-state index contributed by atoms with van der Waals surface area (Å²) in [5.74, 6) is 0. The van der Waals surface area contributed by atoms with Gasteiger partial charge in [-0.15, -0.1) is 0 Å². The molecule has 0 amide bonds. The molecule has 1 aromatic rings. The fraction of sp³-hybridized carbons (Fsp3) is 0.273. The molecule has 0 aliphatic rings. The average molecular weight is 255 g/mol. The maximum Gasteiger partial charge on any atom is 0.0865 e. The zero-order valence-corrected chi connectivity index (χ0v) is 10.9. The van der Waals surface area contributed by atoms with E-state index in [9.17, 15) is 0 Å². The zero-order chi connectivity index (χ0) is 9.90. The molecule has 0 bridgehead atoms. The molecular weight excluding hydrogens is 240 g/mol. The van der Waals surface area contributed by atoms with Crippen LogP contribution in [0.15, 0.2) is 34.4 Å². The second-order valence-electron chi connectivity index (χ2n) is 4.15. The van der Waals surface area contributed by atoms with E-state index in [4.69, 9.17) is 0 Å². The van der Waals surface area contributed by atoms with Crippen molar-refractivity contribution in [3.63, 3.8) is 0 Å². The Balaban J connectivity index is 2.90. The molecule has 0 N–H and O–H groups in total. The van der Waals surface area contributed by atoms with Crippen molar-refractivity contribution >= 4 is 30.1 Å². The van der Waals surface area contributed by atoms with E-state index in [2.05, 4.69) is 65.9 Å². The van der Waals surface area contributed by atoms with Gasteiger partial charge in [0.25, 0.3) is 0 Å². The quantitative estimate of drug-likeness (QED) is 0.691. The van der Waals surface area contributed by atoms with Crippen molar-refractivity contribution in [2.24, 2.45) is 0 Å². The Kier molecular flexibility index (Phi) is 3.51. The molecule has 0 aliphatic heterocycles. The summed E-state index contributed by atoms with van der Waals surface area (Å²) in [6, 6.07) is 10.4. The van der Waals surface area contributed by atoms with Gasteiger partial charge >= 0.3 is 0 Å². The molecule has 0 unspecified atom stereocenters. The molecule has 0 saturated heterocycles. The normalized spacial score (nSPS) is 13.1. The lowest BCUT2D eigenvalue weighted by molar-refractivity contribution is 1.65. The molecule has 70 valence electrons. The van der Waals surface area contributed by atoms with Gasteiger partial charge in [0.05, 0.1) is 8.07 Å². The van der Waals surface area contributed by atoms with Gasteiger partial charge in [-0.2, -0.15) is 0 Å². The predicted molar refractivity (Wildman–Crippen MR) is 66.7 cm³/mol. The Morgan fingerprint density at radius 2 is 1.69 bits per heavy atom. The number of hydrogen-bond acceptors (Lipinski definition) is 0. The molecule has 0 heterocycles. The molecule has 13 heavy (non-hydrogen) atoms. The van der Waals surface area contributed by atoms with Crippen LogP contribution >= 0.6 is 15.9 Å². The topological polar surface area (TPSA) is 0 Å². The fourth-order valence-electron chi connectivity index (χ4n) is 0.912. The molecule has 0 radical (unpaired) electrons. The minimum Gasteiger partial charge on any atom is -0.0651 e. The molecule has 0 spiro atoms. The Bertz CT molecular complexity index is 296. The Labute approximate surface area is 89.8 Å². The van der Waals surface area contributed by atoms with Crippen molar-refractivity contribution in [1.82, 2.24) is 0 Å². The van der Waals surface area contributed by atoms with Crippen molar-refractivity contribution in [3.8, 4) is 0 Å². The van der Waals surface area contributed by atoms with E-state index in [1.807, 2.05) is 6.07 Å². The summed E-state index contributed by atoms with van der Waals surface area (Å²) in [7, 11) is -1.17. The summed E-state index contributed by atoms with van der Waals surface area (Å²) in [4.78, 5) is 0. The van der Waals surface area contributed by atoms with E-state index in [0.29, 0.717) is 0 Å². The SMILES string of the molecule is C[Si](C)(C)/C(Br)=C\c1ccccc1. The minimum atomic E-state index is -1.17. The number of benzene rings is 1. The Morgan fingerprint density at radius 1 is 1.15 bits per heavy atom. The van der Waals surface area contributed by atoms with Crippen LogP contribution in [0.1, 0.15) is 5.56 Å². The number of rotatable bonds is 2. The van der Waals surface area contributed by atoms with Gasteiger partial charge in [-0.1, -0.05) is 65.9 Å². The van der Waals surface area contributed by atoms with Crippen molar-refractivity contribution in [2.75, 3.05) is 0 Å². The summed E-state index contributed by atoms with van der Waals surface area (Å²) in [5.41, 5.74) is 1.27. The Morgan fingerprint density at radius 3 is 2.15 bits per heavy atom. The first-order valence-corrected chi connectivity index (χ1v) is 8.72. The maximum atomic E-state index is 3.66. The third kappa shape index (κ3) is 3.49. The summed E-state index contributed by atoms with van der Waals surface area (Å²) in [5, 5.41) is 0. The molecule has 0 fully saturated rings. The summed E-state index contributed by atoms with van der Waals surface area (Å²) < 4.78 is 1.37. The van der Waals surface area contributed by atoms with Gasteiger partial charge in [-0.3, -0.25) is 0 Å². The standard InChI is InChI=1S/C11H15BrSi/c1-13(2,3)11(12)9-10-7-5-4-6-8-10/h4-9H,1-3H3/b11-9-. The smallest absolute Gasteiger partial charge is 0.0651 e. The number of hydrogen-bond donors (Lipinski definition) is 0. The molecule has 0 nitrogen and oxygen atoms in total. The minimum absolute atomic E-state index is 1.17. The van der Waals surface area contributed by atoms with Crippen LogP contribution in [0.4, 0.5) is 0 Å². The third-order valence-corrected chi connectivity index (χ3v) is 7.18. The van der Waals surface area contributed by atoms with Gasteiger partial charge in [-0.25, -0.2) is 0 Å². The summed E-state index contributed by atoms with van der Waals surface area (Å²) in [6.45, 7) is 6.99.